The number of rotatable bonds is 3. The summed E-state index contributed by atoms with van der Waals surface area (Å²) < 4.78 is 0. The minimum Gasteiger partial charge on any atom is -0.322 e. The molecule has 1 aromatic heterocycles. The van der Waals surface area contributed by atoms with Gasteiger partial charge >= 0.3 is 0 Å². The van der Waals surface area contributed by atoms with Crippen LogP contribution in [0.4, 0.5) is 5.69 Å². The van der Waals surface area contributed by atoms with E-state index in [1.165, 1.54) is 5.56 Å². The van der Waals surface area contributed by atoms with Crippen LogP contribution in [0.3, 0.4) is 0 Å². The SMILES string of the molecule is Cc1ccc(NC(=O)/C=C/c2cccs2)c(C)c1. The Balaban J connectivity index is 2.03. The number of carbonyl (C=O) groups is 1. The highest BCUT2D eigenvalue weighted by molar-refractivity contribution is 7.10. The standard InChI is InChI=1S/C15H15NOS/c1-11-5-7-14(12(2)10-11)16-15(17)8-6-13-4-3-9-18-13/h3-10H,1-2H3,(H,16,17)/b8-6+. The number of anilines is 1. The van der Waals surface area contributed by atoms with E-state index in [2.05, 4.69) is 11.4 Å². The van der Waals surface area contributed by atoms with E-state index in [0.29, 0.717) is 0 Å². The van der Waals surface area contributed by atoms with Gasteiger partial charge in [0.15, 0.2) is 0 Å². The van der Waals surface area contributed by atoms with Crippen LogP contribution in [0, 0.1) is 13.8 Å². The molecule has 2 nitrogen and oxygen atoms in total. The molecule has 1 amide bonds. The third-order valence-corrected chi connectivity index (χ3v) is 3.42. The van der Waals surface area contributed by atoms with E-state index in [4.69, 9.17) is 0 Å². The quantitative estimate of drug-likeness (QED) is 0.827. The maximum absolute atomic E-state index is 11.8. The number of nitrogens with one attached hydrogen (secondary N) is 1. The van der Waals surface area contributed by atoms with Gasteiger partial charge in [0, 0.05) is 16.6 Å². The number of benzene rings is 1. The molecule has 0 aliphatic heterocycles. The molecule has 0 radical (unpaired) electrons. The average Bonchev–Trinajstić information content (AvgIpc) is 2.83. The molecule has 3 heteroatoms. The van der Waals surface area contributed by atoms with Crippen LogP contribution in [0.15, 0.2) is 41.8 Å². The summed E-state index contributed by atoms with van der Waals surface area (Å²) in [5.41, 5.74) is 3.13. The van der Waals surface area contributed by atoms with Crippen molar-refractivity contribution >= 4 is 29.0 Å². The Morgan fingerprint density at radius 1 is 1.28 bits per heavy atom. The van der Waals surface area contributed by atoms with E-state index in [0.717, 1.165) is 16.1 Å². The van der Waals surface area contributed by atoms with Crippen LogP contribution in [0.25, 0.3) is 6.08 Å². The van der Waals surface area contributed by atoms with Crippen molar-refractivity contribution in [1.82, 2.24) is 0 Å². The lowest BCUT2D eigenvalue weighted by Gasteiger charge is -2.06. The van der Waals surface area contributed by atoms with Gasteiger partial charge in [0.1, 0.15) is 0 Å². The van der Waals surface area contributed by atoms with Gasteiger partial charge in [0.25, 0.3) is 0 Å². The van der Waals surface area contributed by atoms with Gasteiger partial charge in [-0.1, -0.05) is 23.8 Å². The molecule has 1 heterocycles. The zero-order chi connectivity index (χ0) is 13.0. The molecule has 0 unspecified atom stereocenters. The second-order valence-electron chi connectivity index (χ2n) is 4.16. The van der Waals surface area contributed by atoms with E-state index in [-0.39, 0.29) is 5.91 Å². The Hall–Kier alpha value is -1.87. The zero-order valence-electron chi connectivity index (χ0n) is 10.4. The molecule has 0 saturated carbocycles. The fourth-order valence-corrected chi connectivity index (χ4v) is 2.29. The molecule has 92 valence electrons. The Kier molecular flexibility index (Phi) is 3.95. The summed E-state index contributed by atoms with van der Waals surface area (Å²) in [6.07, 6.45) is 3.38. The highest BCUT2D eigenvalue weighted by atomic mass is 32.1. The summed E-state index contributed by atoms with van der Waals surface area (Å²) >= 11 is 1.61. The van der Waals surface area contributed by atoms with Crippen LogP contribution in [-0.4, -0.2) is 5.91 Å². The summed E-state index contributed by atoms with van der Waals surface area (Å²) in [5.74, 6) is -0.102. The van der Waals surface area contributed by atoms with E-state index in [1.54, 1.807) is 17.4 Å². The molecule has 1 aromatic carbocycles. The Bertz CT molecular complexity index is 570. The monoisotopic (exact) mass is 257 g/mol. The molecule has 0 spiro atoms. The van der Waals surface area contributed by atoms with Gasteiger partial charge < -0.3 is 5.32 Å². The summed E-state index contributed by atoms with van der Waals surface area (Å²) in [4.78, 5) is 12.8. The molecule has 2 rings (SSSR count). The number of thiophene rings is 1. The van der Waals surface area contributed by atoms with Gasteiger partial charge in [0.2, 0.25) is 5.91 Å². The van der Waals surface area contributed by atoms with Crippen molar-refractivity contribution in [2.75, 3.05) is 5.32 Å². The van der Waals surface area contributed by atoms with Crippen molar-refractivity contribution in [2.45, 2.75) is 13.8 Å². The minimum atomic E-state index is -0.102. The maximum Gasteiger partial charge on any atom is 0.248 e. The van der Waals surface area contributed by atoms with Crippen LogP contribution in [0.5, 0.6) is 0 Å². The number of hydrogen-bond donors (Lipinski definition) is 1. The van der Waals surface area contributed by atoms with E-state index < -0.39 is 0 Å². The van der Waals surface area contributed by atoms with Crippen LogP contribution < -0.4 is 5.32 Å². The lowest BCUT2D eigenvalue weighted by molar-refractivity contribution is -0.111. The van der Waals surface area contributed by atoms with Crippen LogP contribution >= 0.6 is 11.3 Å². The zero-order valence-corrected chi connectivity index (χ0v) is 11.3. The van der Waals surface area contributed by atoms with E-state index in [1.807, 2.05) is 49.6 Å². The second-order valence-corrected chi connectivity index (χ2v) is 5.14. The third-order valence-electron chi connectivity index (χ3n) is 2.58. The molecule has 0 aliphatic carbocycles. The molecular weight excluding hydrogens is 242 g/mol. The first-order chi connectivity index (χ1) is 8.65. The largest absolute Gasteiger partial charge is 0.322 e. The highest BCUT2D eigenvalue weighted by Crippen LogP contribution is 2.16. The summed E-state index contributed by atoms with van der Waals surface area (Å²) in [6, 6.07) is 9.92. The summed E-state index contributed by atoms with van der Waals surface area (Å²) in [5, 5.41) is 4.87. The van der Waals surface area contributed by atoms with Crippen molar-refractivity contribution in [3.63, 3.8) is 0 Å². The van der Waals surface area contributed by atoms with Crippen molar-refractivity contribution in [1.29, 1.82) is 0 Å². The van der Waals surface area contributed by atoms with Crippen LogP contribution in [0.2, 0.25) is 0 Å². The smallest absolute Gasteiger partial charge is 0.248 e. The highest BCUT2D eigenvalue weighted by Gasteiger charge is 2.01. The summed E-state index contributed by atoms with van der Waals surface area (Å²) in [6.45, 7) is 4.03. The van der Waals surface area contributed by atoms with Crippen molar-refractivity contribution in [3.8, 4) is 0 Å². The molecule has 2 aromatic rings. The number of aryl methyl sites for hydroxylation is 2. The lowest BCUT2D eigenvalue weighted by Crippen LogP contribution is -2.08. The fraction of sp³-hybridized carbons (Fsp3) is 0.133. The Labute approximate surface area is 111 Å². The molecule has 0 fully saturated rings. The topological polar surface area (TPSA) is 29.1 Å². The van der Waals surface area contributed by atoms with Crippen molar-refractivity contribution < 1.29 is 4.79 Å². The first kappa shape index (κ1) is 12.6. The number of amides is 1. The van der Waals surface area contributed by atoms with Gasteiger partial charge in [-0.2, -0.15) is 0 Å². The molecule has 18 heavy (non-hydrogen) atoms. The van der Waals surface area contributed by atoms with E-state index in [9.17, 15) is 4.79 Å². The van der Waals surface area contributed by atoms with Crippen LogP contribution in [0.1, 0.15) is 16.0 Å². The molecular formula is C15H15NOS. The third kappa shape index (κ3) is 3.31. The number of carbonyl (C=O) groups excluding carboxylic acids is 1. The first-order valence-electron chi connectivity index (χ1n) is 5.75. The molecule has 1 N–H and O–H groups in total. The second kappa shape index (κ2) is 5.65. The molecule has 0 saturated heterocycles. The normalized spacial score (nSPS) is 10.8. The van der Waals surface area contributed by atoms with Crippen LogP contribution in [-0.2, 0) is 4.79 Å². The van der Waals surface area contributed by atoms with Gasteiger partial charge in [-0.15, -0.1) is 11.3 Å². The lowest BCUT2D eigenvalue weighted by atomic mass is 10.1. The summed E-state index contributed by atoms with van der Waals surface area (Å²) in [7, 11) is 0. The molecule has 0 bridgehead atoms. The predicted octanol–water partition coefficient (Wildman–Crippen LogP) is 4.02. The average molecular weight is 257 g/mol. The fourth-order valence-electron chi connectivity index (χ4n) is 1.67. The van der Waals surface area contributed by atoms with Gasteiger partial charge in [0.05, 0.1) is 0 Å². The van der Waals surface area contributed by atoms with Crippen molar-refractivity contribution in [2.24, 2.45) is 0 Å². The Morgan fingerprint density at radius 3 is 2.78 bits per heavy atom. The minimum absolute atomic E-state index is 0.102. The Morgan fingerprint density at radius 2 is 2.11 bits per heavy atom. The first-order valence-corrected chi connectivity index (χ1v) is 6.63. The van der Waals surface area contributed by atoms with Gasteiger partial charge in [-0.25, -0.2) is 0 Å². The number of hydrogen-bond acceptors (Lipinski definition) is 2. The maximum atomic E-state index is 11.8. The molecule has 0 aliphatic rings. The van der Waals surface area contributed by atoms with Crippen molar-refractivity contribution in [3.05, 3.63) is 57.8 Å². The molecule has 0 atom stereocenters. The van der Waals surface area contributed by atoms with Gasteiger partial charge in [-0.05, 0) is 43.0 Å². The predicted molar refractivity (Wildman–Crippen MR) is 77.9 cm³/mol. The van der Waals surface area contributed by atoms with E-state index >= 15 is 0 Å². The van der Waals surface area contributed by atoms with Gasteiger partial charge in [-0.3, -0.25) is 4.79 Å².